The number of aromatic nitrogens is 2. The summed E-state index contributed by atoms with van der Waals surface area (Å²) in [5.41, 5.74) is 10.3. The zero-order valence-corrected chi connectivity index (χ0v) is 13.8. The lowest BCUT2D eigenvalue weighted by molar-refractivity contribution is -0.141. The number of halogens is 3. The van der Waals surface area contributed by atoms with Gasteiger partial charge in [-0.2, -0.15) is 18.3 Å². The summed E-state index contributed by atoms with van der Waals surface area (Å²) in [5, 5.41) is 7.42. The maximum atomic E-state index is 12.7. The Kier molecular flexibility index (Phi) is 3.47. The standard InChI is InChI=1S/C18H15F3N4O/c1-9-12-4-10(2-3-16(12)25(24-9)8-18(19,20)21)13-5-11(22)6-14-15(13)7-23-17(14)26/h2-6H,7-8,22H2,1H3,(H,23,26). The molecule has 1 amide bonds. The lowest BCUT2D eigenvalue weighted by Gasteiger charge is -2.10. The Balaban J connectivity index is 1.87. The third-order valence-corrected chi connectivity index (χ3v) is 4.52. The van der Waals surface area contributed by atoms with E-state index in [0.29, 0.717) is 34.4 Å². The van der Waals surface area contributed by atoms with Crippen LogP contribution in [0.15, 0.2) is 30.3 Å². The summed E-state index contributed by atoms with van der Waals surface area (Å²) in [7, 11) is 0. The molecule has 26 heavy (non-hydrogen) atoms. The van der Waals surface area contributed by atoms with Crippen molar-refractivity contribution < 1.29 is 18.0 Å². The second-order valence-electron chi connectivity index (χ2n) is 6.37. The number of amides is 1. The SMILES string of the molecule is Cc1nn(CC(F)(F)F)c2ccc(-c3cc(N)cc4c3CNC4=O)cc12. The summed E-state index contributed by atoms with van der Waals surface area (Å²) in [4.78, 5) is 11.9. The van der Waals surface area contributed by atoms with Crippen LogP contribution in [0.25, 0.3) is 22.0 Å². The predicted octanol–water partition coefficient (Wildman–Crippen LogP) is 3.40. The quantitative estimate of drug-likeness (QED) is 0.688. The number of hydrogen-bond donors (Lipinski definition) is 2. The molecule has 1 aromatic heterocycles. The zero-order valence-electron chi connectivity index (χ0n) is 13.8. The molecule has 1 aliphatic rings. The van der Waals surface area contributed by atoms with Crippen molar-refractivity contribution in [2.75, 3.05) is 5.73 Å². The summed E-state index contributed by atoms with van der Waals surface area (Å²) in [5.74, 6) is -0.177. The third-order valence-electron chi connectivity index (χ3n) is 4.52. The maximum Gasteiger partial charge on any atom is 0.408 e. The molecule has 1 aliphatic heterocycles. The Bertz CT molecular complexity index is 1050. The van der Waals surface area contributed by atoms with E-state index in [0.717, 1.165) is 21.4 Å². The van der Waals surface area contributed by atoms with E-state index >= 15 is 0 Å². The molecule has 0 atom stereocenters. The molecular formula is C18H15F3N4O. The first-order chi connectivity index (χ1) is 12.2. The first-order valence-electron chi connectivity index (χ1n) is 7.98. The van der Waals surface area contributed by atoms with Crippen LogP contribution in [0, 0.1) is 6.92 Å². The Labute approximate surface area is 146 Å². The lowest BCUT2D eigenvalue weighted by Crippen LogP contribution is -2.18. The molecule has 0 spiro atoms. The minimum absolute atomic E-state index is 0.177. The van der Waals surface area contributed by atoms with Crippen LogP contribution >= 0.6 is 0 Å². The number of carbonyl (C=O) groups excluding carboxylic acids is 1. The number of fused-ring (bicyclic) bond motifs is 2. The normalized spacial score (nSPS) is 13.9. The number of hydrogen-bond acceptors (Lipinski definition) is 3. The Morgan fingerprint density at radius 1 is 1.23 bits per heavy atom. The highest BCUT2D eigenvalue weighted by Gasteiger charge is 2.30. The van der Waals surface area contributed by atoms with Gasteiger partial charge >= 0.3 is 6.18 Å². The van der Waals surface area contributed by atoms with Crippen LogP contribution in [0.5, 0.6) is 0 Å². The van der Waals surface area contributed by atoms with E-state index in [1.807, 2.05) is 0 Å². The van der Waals surface area contributed by atoms with Gasteiger partial charge in [0.1, 0.15) is 6.54 Å². The van der Waals surface area contributed by atoms with Crippen molar-refractivity contribution in [2.45, 2.75) is 26.2 Å². The summed E-state index contributed by atoms with van der Waals surface area (Å²) in [6, 6.07) is 8.55. The summed E-state index contributed by atoms with van der Waals surface area (Å²) in [6.45, 7) is 0.935. The van der Waals surface area contributed by atoms with Crippen LogP contribution in [0.2, 0.25) is 0 Å². The van der Waals surface area contributed by atoms with Crippen molar-refractivity contribution in [3.05, 3.63) is 47.2 Å². The zero-order chi connectivity index (χ0) is 18.6. The number of nitrogen functional groups attached to an aromatic ring is 1. The molecule has 0 saturated heterocycles. The van der Waals surface area contributed by atoms with Gasteiger partial charge in [-0.25, -0.2) is 0 Å². The first-order valence-corrected chi connectivity index (χ1v) is 7.98. The molecule has 8 heteroatoms. The second-order valence-corrected chi connectivity index (χ2v) is 6.37. The van der Waals surface area contributed by atoms with Crippen LogP contribution in [0.1, 0.15) is 21.6 Å². The molecule has 5 nitrogen and oxygen atoms in total. The fourth-order valence-corrected chi connectivity index (χ4v) is 3.41. The molecule has 0 aliphatic carbocycles. The minimum atomic E-state index is -4.34. The topological polar surface area (TPSA) is 72.9 Å². The largest absolute Gasteiger partial charge is 0.408 e. The number of alkyl halides is 3. The summed E-state index contributed by atoms with van der Waals surface area (Å²) in [6.07, 6.45) is -4.34. The van der Waals surface area contributed by atoms with Crippen molar-refractivity contribution in [3.8, 4) is 11.1 Å². The van der Waals surface area contributed by atoms with Crippen LogP contribution in [-0.4, -0.2) is 21.9 Å². The van der Waals surface area contributed by atoms with E-state index in [2.05, 4.69) is 10.4 Å². The summed E-state index contributed by atoms with van der Waals surface area (Å²) < 4.78 is 39.2. The fraction of sp³-hybridized carbons (Fsp3) is 0.222. The van der Waals surface area contributed by atoms with E-state index in [1.54, 1.807) is 37.3 Å². The Hall–Kier alpha value is -3.03. The highest BCUT2D eigenvalue weighted by Crippen LogP contribution is 2.34. The number of rotatable bonds is 2. The van der Waals surface area contributed by atoms with Gasteiger partial charge in [0.05, 0.1) is 11.2 Å². The molecule has 134 valence electrons. The van der Waals surface area contributed by atoms with Gasteiger partial charge in [0.2, 0.25) is 0 Å². The van der Waals surface area contributed by atoms with Crippen LogP contribution in [0.3, 0.4) is 0 Å². The van der Waals surface area contributed by atoms with Crippen molar-refractivity contribution >= 4 is 22.5 Å². The second kappa shape index (κ2) is 5.48. The molecule has 0 saturated carbocycles. The molecule has 0 radical (unpaired) electrons. The lowest BCUT2D eigenvalue weighted by atomic mass is 9.95. The average molecular weight is 360 g/mol. The van der Waals surface area contributed by atoms with Crippen molar-refractivity contribution in [2.24, 2.45) is 0 Å². The van der Waals surface area contributed by atoms with Crippen molar-refractivity contribution in [1.82, 2.24) is 15.1 Å². The van der Waals surface area contributed by atoms with Gasteiger partial charge in [0.25, 0.3) is 5.91 Å². The van der Waals surface area contributed by atoms with Crippen LogP contribution in [-0.2, 0) is 13.1 Å². The van der Waals surface area contributed by atoms with E-state index in [-0.39, 0.29) is 5.91 Å². The Morgan fingerprint density at radius 2 is 1.96 bits per heavy atom. The van der Waals surface area contributed by atoms with E-state index in [9.17, 15) is 18.0 Å². The third kappa shape index (κ3) is 2.67. The van der Waals surface area contributed by atoms with Crippen molar-refractivity contribution in [3.63, 3.8) is 0 Å². The highest BCUT2D eigenvalue weighted by molar-refractivity contribution is 6.02. The van der Waals surface area contributed by atoms with E-state index in [4.69, 9.17) is 5.73 Å². The van der Waals surface area contributed by atoms with Gasteiger partial charge in [-0.05, 0) is 47.9 Å². The molecule has 2 heterocycles. The van der Waals surface area contributed by atoms with Crippen LogP contribution < -0.4 is 11.1 Å². The molecule has 3 aromatic rings. The average Bonchev–Trinajstić information content (AvgIpc) is 3.06. The molecule has 0 unspecified atom stereocenters. The van der Waals surface area contributed by atoms with Crippen molar-refractivity contribution in [1.29, 1.82) is 0 Å². The van der Waals surface area contributed by atoms with E-state index in [1.165, 1.54) is 0 Å². The van der Waals surface area contributed by atoms with Gasteiger partial charge in [0.15, 0.2) is 0 Å². The van der Waals surface area contributed by atoms with Gasteiger partial charge in [-0.15, -0.1) is 0 Å². The van der Waals surface area contributed by atoms with Crippen LogP contribution in [0.4, 0.5) is 18.9 Å². The van der Waals surface area contributed by atoms with Gasteiger partial charge in [0, 0.05) is 23.2 Å². The predicted molar refractivity (Wildman–Crippen MR) is 91.5 cm³/mol. The number of carbonyl (C=O) groups is 1. The maximum absolute atomic E-state index is 12.7. The smallest absolute Gasteiger partial charge is 0.399 e. The molecule has 0 bridgehead atoms. The highest BCUT2D eigenvalue weighted by atomic mass is 19.4. The van der Waals surface area contributed by atoms with Gasteiger partial charge < -0.3 is 11.1 Å². The number of aryl methyl sites for hydroxylation is 1. The monoisotopic (exact) mass is 360 g/mol. The number of nitrogens with zero attached hydrogens (tertiary/aromatic N) is 2. The van der Waals surface area contributed by atoms with E-state index < -0.39 is 12.7 Å². The molecule has 4 rings (SSSR count). The molecular weight excluding hydrogens is 345 g/mol. The molecule has 0 fully saturated rings. The number of nitrogens with one attached hydrogen (secondary N) is 1. The first kappa shape index (κ1) is 16.4. The number of benzene rings is 2. The minimum Gasteiger partial charge on any atom is -0.399 e. The Morgan fingerprint density at radius 3 is 2.69 bits per heavy atom. The van der Waals surface area contributed by atoms with Gasteiger partial charge in [-0.3, -0.25) is 9.48 Å². The molecule has 2 aromatic carbocycles. The summed E-state index contributed by atoms with van der Waals surface area (Å²) >= 11 is 0. The number of anilines is 1. The molecule has 3 N–H and O–H groups in total. The number of nitrogens with two attached hydrogens (primary N) is 1. The fourth-order valence-electron chi connectivity index (χ4n) is 3.41. The van der Waals surface area contributed by atoms with Gasteiger partial charge in [-0.1, -0.05) is 6.07 Å².